The van der Waals surface area contributed by atoms with E-state index in [1.165, 1.54) is 36.0 Å². The van der Waals surface area contributed by atoms with E-state index in [4.69, 9.17) is 0 Å². The van der Waals surface area contributed by atoms with E-state index < -0.39 is 0 Å². The molecule has 0 aliphatic heterocycles. The molecule has 1 nitrogen and oxygen atoms in total. The predicted molar refractivity (Wildman–Crippen MR) is 91.4 cm³/mol. The van der Waals surface area contributed by atoms with Crippen LogP contribution in [0.2, 0.25) is 0 Å². The van der Waals surface area contributed by atoms with Gasteiger partial charge in [0, 0.05) is 12.1 Å². The van der Waals surface area contributed by atoms with Crippen molar-refractivity contribution >= 4 is 0 Å². The first-order valence-corrected chi connectivity index (χ1v) is 8.08. The summed E-state index contributed by atoms with van der Waals surface area (Å²) in [6.07, 6.45) is 3.69. The number of hydrogen-bond acceptors (Lipinski definition) is 1. The SMILES string of the molecule is CCCCC(N[C@@H](C)c1ccc(C)cc1)c1ccccc1. The van der Waals surface area contributed by atoms with Gasteiger partial charge >= 0.3 is 0 Å². The van der Waals surface area contributed by atoms with Crippen molar-refractivity contribution in [2.24, 2.45) is 0 Å². The quantitative estimate of drug-likeness (QED) is 0.699. The first-order valence-electron chi connectivity index (χ1n) is 8.08. The van der Waals surface area contributed by atoms with Crippen molar-refractivity contribution in [2.75, 3.05) is 0 Å². The maximum absolute atomic E-state index is 3.80. The lowest BCUT2D eigenvalue weighted by atomic mass is 9.98. The second kappa shape index (κ2) is 7.99. The van der Waals surface area contributed by atoms with Crippen molar-refractivity contribution in [3.63, 3.8) is 0 Å². The summed E-state index contributed by atoms with van der Waals surface area (Å²) in [6, 6.07) is 20.5. The van der Waals surface area contributed by atoms with Gasteiger partial charge in [0.25, 0.3) is 0 Å². The molecule has 0 radical (unpaired) electrons. The Morgan fingerprint density at radius 3 is 2.19 bits per heavy atom. The molecule has 0 bridgehead atoms. The maximum Gasteiger partial charge on any atom is 0.0325 e. The zero-order chi connectivity index (χ0) is 15.1. The molecule has 1 unspecified atom stereocenters. The smallest absolute Gasteiger partial charge is 0.0325 e. The summed E-state index contributed by atoms with van der Waals surface area (Å²) in [5.41, 5.74) is 4.07. The van der Waals surface area contributed by atoms with E-state index in [1.807, 2.05) is 0 Å². The summed E-state index contributed by atoms with van der Waals surface area (Å²) in [5.74, 6) is 0. The molecule has 0 amide bonds. The lowest BCUT2D eigenvalue weighted by molar-refractivity contribution is 0.431. The van der Waals surface area contributed by atoms with E-state index in [-0.39, 0.29) is 0 Å². The molecule has 0 saturated carbocycles. The van der Waals surface area contributed by atoms with E-state index in [2.05, 4.69) is 80.7 Å². The van der Waals surface area contributed by atoms with Gasteiger partial charge in [0.1, 0.15) is 0 Å². The lowest BCUT2D eigenvalue weighted by Gasteiger charge is -2.24. The molecule has 2 aromatic rings. The summed E-state index contributed by atoms with van der Waals surface area (Å²) in [7, 11) is 0. The normalized spacial score (nSPS) is 13.9. The fraction of sp³-hybridized carbons (Fsp3) is 0.400. The molecule has 0 saturated heterocycles. The molecule has 2 atom stereocenters. The van der Waals surface area contributed by atoms with Crippen LogP contribution in [0.1, 0.15) is 61.9 Å². The average Bonchev–Trinajstić information content (AvgIpc) is 2.52. The van der Waals surface area contributed by atoms with Crippen molar-refractivity contribution in [3.8, 4) is 0 Å². The molecule has 0 fully saturated rings. The van der Waals surface area contributed by atoms with Gasteiger partial charge in [0.2, 0.25) is 0 Å². The second-order valence-corrected chi connectivity index (χ2v) is 5.90. The molecule has 0 aliphatic rings. The third kappa shape index (κ3) is 4.71. The highest BCUT2D eigenvalue weighted by Gasteiger charge is 2.14. The summed E-state index contributed by atoms with van der Waals surface area (Å²) in [4.78, 5) is 0. The molecule has 1 N–H and O–H groups in total. The van der Waals surface area contributed by atoms with Crippen LogP contribution in [0.25, 0.3) is 0 Å². The molecule has 0 aromatic heterocycles. The van der Waals surface area contributed by atoms with Crippen LogP contribution in [-0.2, 0) is 0 Å². The Balaban J connectivity index is 2.09. The topological polar surface area (TPSA) is 12.0 Å². The molecular formula is C20H27N. The van der Waals surface area contributed by atoms with Crippen molar-refractivity contribution < 1.29 is 0 Å². The molecule has 21 heavy (non-hydrogen) atoms. The molecule has 0 heterocycles. The van der Waals surface area contributed by atoms with Crippen LogP contribution in [0.4, 0.5) is 0 Å². The van der Waals surface area contributed by atoms with Gasteiger partial charge in [-0.25, -0.2) is 0 Å². The zero-order valence-corrected chi connectivity index (χ0v) is 13.5. The van der Waals surface area contributed by atoms with E-state index in [0.29, 0.717) is 12.1 Å². The standard InChI is InChI=1S/C20H27N/c1-4-5-11-20(19-9-7-6-8-10-19)21-17(3)18-14-12-16(2)13-15-18/h6-10,12-15,17,20-21H,4-5,11H2,1-3H3/t17-,20?/m0/s1. The highest BCUT2D eigenvalue weighted by atomic mass is 14.9. The van der Waals surface area contributed by atoms with Crippen molar-refractivity contribution in [3.05, 3.63) is 71.3 Å². The Hall–Kier alpha value is -1.60. The van der Waals surface area contributed by atoms with Crippen LogP contribution >= 0.6 is 0 Å². The van der Waals surface area contributed by atoms with Crippen LogP contribution in [0.15, 0.2) is 54.6 Å². The number of hydrogen-bond donors (Lipinski definition) is 1. The Morgan fingerprint density at radius 2 is 1.57 bits per heavy atom. The highest BCUT2D eigenvalue weighted by Crippen LogP contribution is 2.24. The highest BCUT2D eigenvalue weighted by molar-refractivity contribution is 5.25. The number of unbranched alkanes of at least 4 members (excludes halogenated alkanes) is 1. The Labute approximate surface area is 129 Å². The van der Waals surface area contributed by atoms with Gasteiger partial charge in [0.05, 0.1) is 0 Å². The minimum Gasteiger partial charge on any atom is -0.303 e. The van der Waals surface area contributed by atoms with Crippen molar-refractivity contribution in [1.82, 2.24) is 5.32 Å². The van der Waals surface area contributed by atoms with E-state index in [9.17, 15) is 0 Å². The Morgan fingerprint density at radius 1 is 0.905 bits per heavy atom. The van der Waals surface area contributed by atoms with Crippen molar-refractivity contribution in [1.29, 1.82) is 0 Å². The molecule has 0 spiro atoms. The van der Waals surface area contributed by atoms with Crippen LogP contribution in [0, 0.1) is 6.92 Å². The van der Waals surface area contributed by atoms with Gasteiger partial charge in [-0.1, -0.05) is 79.9 Å². The van der Waals surface area contributed by atoms with Crippen LogP contribution < -0.4 is 5.32 Å². The largest absolute Gasteiger partial charge is 0.303 e. The number of benzene rings is 2. The third-order valence-corrected chi connectivity index (χ3v) is 4.08. The average molecular weight is 281 g/mol. The number of nitrogens with one attached hydrogen (secondary N) is 1. The van der Waals surface area contributed by atoms with Gasteiger partial charge in [0.15, 0.2) is 0 Å². The molecule has 112 valence electrons. The lowest BCUT2D eigenvalue weighted by Crippen LogP contribution is -2.24. The van der Waals surface area contributed by atoms with Gasteiger partial charge in [-0.15, -0.1) is 0 Å². The van der Waals surface area contributed by atoms with Gasteiger partial charge < -0.3 is 5.32 Å². The first kappa shape index (κ1) is 15.8. The fourth-order valence-corrected chi connectivity index (χ4v) is 2.69. The molecule has 2 aromatic carbocycles. The van der Waals surface area contributed by atoms with E-state index >= 15 is 0 Å². The Kier molecular flexibility index (Phi) is 6.01. The Bertz CT molecular complexity index is 515. The molecule has 0 aliphatic carbocycles. The summed E-state index contributed by atoms with van der Waals surface area (Å²) < 4.78 is 0. The summed E-state index contributed by atoms with van der Waals surface area (Å²) >= 11 is 0. The van der Waals surface area contributed by atoms with E-state index in [1.54, 1.807) is 0 Å². The summed E-state index contributed by atoms with van der Waals surface area (Å²) in [6.45, 7) is 6.65. The monoisotopic (exact) mass is 281 g/mol. The van der Waals surface area contributed by atoms with Gasteiger partial charge in [-0.05, 0) is 31.4 Å². The summed E-state index contributed by atoms with van der Waals surface area (Å²) in [5, 5.41) is 3.80. The molecule has 2 rings (SSSR count). The minimum absolute atomic E-state index is 0.368. The van der Waals surface area contributed by atoms with Crippen LogP contribution in [0.5, 0.6) is 0 Å². The van der Waals surface area contributed by atoms with Gasteiger partial charge in [-0.2, -0.15) is 0 Å². The second-order valence-electron chi connectivity index (χ2n) is 5.90. The van der Waals surface area contributed by atoms with E-state index in [0.717, 1.165) is 0 Å². The number of rotatable bonds is 7. The first-order chi connectivity index (χ1) is 10.2. The minimum atomic E-state index is 0.368. The number of aryl methyl sites for hydroxylation is 1. The van der Waals surface area contributed by atoms with Crippen LogP contribution in [0.3, 0.4) is 0 Å². The molecule has 1 heteroatoms. The molecular weight excluding hydrogens is 254 g/mol. The zero-order valence-electron chi connectivity index (χ0n) is 13.5. The van der Waals surface area contributed by atoms with Gasteiger partial charge in [-0.3, -0.25) is 0 Å². The maximum atomic E-state index is 3.80. The van der Waals surface area contributed by atoms with Crippen LogP contribution in [-0.4, -0.2) is 0 Å². The predicted octanol–water partition coefficient (Wildman–Crippen LogP) is 5.58. The fourth-order valence-electron chi connectivity index (χ4n) is 2.69. The van der Waals surface area contributed by atoms with Crippen molar-refractivity contribution in [2.45, 2.75) is 52.1 Å². The third-order valence-electron chi connectivity index (χ3n) is 4.08.